The number of nitro groups is 1. The second kappa shape index (κ2) is 4.48. The Morgan fingerprint density at radius 1 is 1.88 bits per heavy atom. The second-order valence-corrected chi connectivity index (χ2v) is 1.15. The Morgan fingerprint density at radius 3 is 2.88 bits per heavy atom. The van der Waals surface area contributed by atoms with Gasteiger partial charge in [0.2, 0.25) is 6.54 Å². The summed E-state index contributed by atoms with van der Waals surface area (Å²) in [5, 5.41) is 9.58. The molecule has 0 aliphatic heterocycles. The molecule has 8 heavy (non-hydrogen) atoms. The molecule has 0 aromatic heterocycles. The Labute approximate surface area is 46.7 Å². The Bertz CT molecular complexity index is 74.9. The molecule has 0 amide bonds. The maximum absolute atomic E-state index is 9.58. The van der Waals surface area contributed by atoms with Gasteiger partial charge in [-0.05, 0) is 0 Å². The largest absolute Gasteiger partial charge is 0.305 e. The summed E-state index contributed by atoms with van der Waals surface area (Å²) in [7, 11) is 1.42. The average Bonchev–Trinajstić information content (AvgIpc) is 1.66. The zero-order chi connectivity index (χ0) is 6.41. The van der Waals surface area contributed by atoms with Gasteiger partial charge in [-0.15, -0.1) is 0 Å². The summed E-state index contributed by atoms with van der Waals surface area (Å²) in [5.74, 6) is 0. The molecule has 0 heterocycles. The molecular weight excluding hydrogens is 112 g/mol. The van der Waals surface area contributed by atoms with Gasteiger partial charge in [-0.25, -0.2) is 0 Å². The minimum Gasteiger partial charge on any atom is -0.305 e. The molecule has 0 aliphatic rings. The molecule has 0 rings (SSSR count). The fraction of sp³-hybridized carbons (Fsp3) is 1.00. The van der Waals surface area contributed by atoms with Crippen molar-refractivity contribution in [2.45, 2.75) is 0 Å². The minimum absolute atomic E-state index is 0.103. The van der Waals surface area contributed by atoms with E-state index in [1.165, 1.54) is 7.11 Å². The van der Waals surface area contributed by atoms with Crippen LogP contribution < -0.4 is 5.48 Å². The van der Waals surface area contributed by atoms with Crippen LogP contribution in [0.2, 0.25) is 0 Å². The lowest BCUT2D eigenvalue weighted by Gasteiger charge is -1.93. The maximum Gasteiger partial charge on any atom is 0.218 e. The molecule has 0 aliphatic carbocycles. The highest BCUT2D eigenvalue weighted by atomic mass is 16.6. The van der Waals surface area contributed by atoms with Gasteiger partial charge in [-0.2, -0.15) is 5.48 Å². The van der Waals surface area contributed by atoms with E-state index in [9.17, 15) is 10.1 Å². The highest BCUT2D eigenvalue weighted by Crippen LogP contribution is 1.64. The molecular formula is C3H8N2O3. The first-order valence-corrected chi connectivity index (χ1v) is 2.15. The van der Waals surface area contributed by atoms with Crippen molar-refractivity contribution in [3.8, 4) is 0 Å². The molecule has 0 saturated carbocycles. The third-order valence-electron chi connectivity index (χ3n) is 0.541. The van der Waals surface area contributed by atoms with Crippen LogP contribution in [0.4, 0.5) is 0 Å². The van der Waals surface area contributed by atoms with Crippen LogP contribution in [-0.2, 0) is 4.84 Å². The van der Waals surface area contributed by atoms with E-state index in [4.69, 9.17) is 0 Å². The van der Waals surface area contributed by atoms with Crippen molar-refractivity contribution in [2.75, 3.05) is 20.2 Å². The smallest absolute Gasteiger partial charge is 0.218 e. The summed E-state index contributed by atoms with van der Waals surface area (Å²) in [6.45, 7) is 0.150. The molecule has 0 aromatic carbocycles. The van der Waals surface area contributed by atoms with E-state index in [0.29, 0.717) is 0 Å². The lowest BCUT2D eigenvalue weighted by atomic mass is 10.7. The van der Waals surface area contributed by atoms with Gasteiger partial charge in [0.25, 0.3) is 0 Å². The topological polar surface area (TPSA) is 64.4 Å². The number of nitrogens with one attached hydrogen (secondary N) is 1. The van der Waals surface area contributed by atoms with E-state index in [1.807, 2.05) is 0 Å². The first kappa shape index (κ1) is 7.32. The van der Waals surface area contributed by atoms with E-state index in [1.54, 1.807) is 0 Å². The molecule has 0 spiro atoms. The predicted octanol–water partition coefficient (Wildman–Crippen LogP) is -0.586. The molecule has 0 fully saturated rings. The molecule has 0 atom stereocenters. The van der Waals surface area contributed by atoms with Gasteiger partial charge in [0.05, 0.1) is 13.7 Å². The van der Waals surface area contributed by atoms with Gasteiger partial charge in [0.15, 0.2) is 0 Å². The van der Waals surface area contributed by atoms with Crippen LogP contribution >= 0.6 is 0 Å². The highest BCUT2D eigenvalue weighted by molar-refractivity contribution is 4.27. The normalized spacial score (nSPS) is 9.12. The Morgan fingerprint density at radius 2 is 2.50 bits per heavy atom. The average molecular weight is 120 g/mol. The van der Waals surface area contributed by atoms with Crippen molar-refractivity contribution in [1.29, 1.82) is 0 Å². The molecule has 5 heteroatoms. The van der Waals surface area contributed by atoms with Crippen molar-refractivity contribution in [3.05, 3.63) is 10.1 Å². The number of nitrogens with zero attached hydrogens (tertiary/aromatic N) is 1. The van der Waals surface area contributed by atoms with Crippen LogP contribution in [0.5, 0.6) is 0 Å². The van der Waals surface area contributed by atoms with Gasteiger partial charge in [-0.1, -0.05) is 0 Å². The van der Waals surface area contributed by atoms with Crippen molar-refractivity contribution in [2.24, 2.45) is 0 Å². The first-order valence-electron chi connectivity index (χ1n) is 2.15. The van der Waals surface area contributed by atoms with Crippen LogP contribution in [-0.4, -0.2) is 25.1 Å². The number of hydrogen-bond acceptors (Lipinski definition) is 4. The molecule has 0 unspecified atom stereocenters. The summed E-state index contributed by atoms with van der Waals surface area (Å²) in [6.07, 6.45) is 0. The van der Waals surface area contributed by atoms with Gasteiger partial charge < -0.3 is 4.84 Å². The molecule has 1 N–H and O–H groups in total. The van der Waals surface area contributed by atoms with E-state index in [2.05, 4.69) is 10.3 Å². The molecule has 5 nitrogen and oxygen atoms in total. The summed E-state index contributed by atoms with van der Waals surface area (Å²) < 4.78 is 0. The molecule has 48 valence electrons. The van der Waals surface area contributed by atoms with E-state index >= 15 is 0 Å². The lowest BCUT2D eigenvalue weighted by molar-refractivity contribution is -0.479. The van der Waals surface area contributed by atoms with Crippen LogP contribution in [0, 0.1) is 10.1 Å². The third kappa shape index (κ3) is 5.32. The maximum atomic E-state index is 9.58. The van der Waals surface area contributed by atoms with Crippen molar-refractivity contribution >= 4 is 0 Å². The van der Waals surface area contributed by atoms with Gasteiger partial charge in [-0.3, -0.25) is 10.1 Å². The molecule has 0 radical (unpaired) electrons. The molecule has 0 saturated heterocycles. The fourth-order valence-electron chi connectivity index (χ4n) is 0.239. The number of hydroxylamine groups is 1. The Balaban J connectivity index is 2.82. The van der Waals surface area contributed by atoms with Crippen molar-refractivity contribution < 1.29 is 9.76 Å². The third-order valence-corrected chi connectivity index (χ3v) is 0.541. The summed E-state index contributed by atoms with van der Waals surface area (Å²) >= 11 is 0. The van der Waals surface area contributed by atoms with Crippen LogP contribution in [0.3, 0.4) is 0 Å². The van der Waals surface area contributed by atoms with Crippen LogP contribution in [0.15, 0.2) is 0 Å². The lowest BCUT2D eigenvalue weighted by Crippen LogP contribution is -2.20. The highest BCUT2D eigenvalue weighted by Gasteiger charge is 1.91. The first-order chi connectivity index (χ1) is 3.77. The number of hydrogen-bond donors (Lipinski definition) is 1. The molecule has 0 aromatic rings. The second-order valence-electron chi connectivity index (χ2n) is 1.15. The predicted molar refractivity (Wildman–Crippen MR) is 26.9 cm³/mol. The molecule has 0 bridgehead atoms. The van der Waals surface area contributed by atoms with Gasteiger partial charge in [0.1, 0.15) is 0 Å². The SMILES string of the molecule is CONCC[N+](=O)[O-]. The van der Waals surface area contributed by atoms with Crippen molar-refractivity contribution in [1.82, 2.24) is 5.48 Å². The number of rotatable bonds is 4. The van der Waals surface area contributed by atoms with Crippen LogP contribution in [0.25, 0.3) is 0 Å². The van der Waals surface area contributed by atoms with Gasteiger partial charge in [0, 0.05) is 4.92 Å². The van der Waals surface area contributed by atoms with Gasteiger partial charge >= 0.3 is 0 Å². The summed E-state index contributed by atoms with van der Waals surface area (Å²) in [4.78, 5) is 13.5. The zero-order valence-corrected chi connectivity index (χ0v) is 4.59. The zero-order valence-electron chi connectivity index (χ0n) is 4.59. The minimum atomic E-state index is -0.411. The van der Waals surface area contributed by atoms with E-state index in [0.717, 1.165) is 0 Å². The summed E-state index contributed by atoms with van der Waals surface area (Å²) in [5.41, 5.74) is 2.34. The standard InChI is InChI=1S/C3H8N2O3/c1-8-4-2-3-5(6)7/h4H,2-3H2,1H3. The van der Waals surface area contributed by atoms with Crippen molar-refractivity contribution in [3.63, 3.8) is 0 Å². The fourth-order valence-corrected chi connectivity index (χ4v) is 0.239. The monoisotopic (exact) mass is 120 g/mol. The quantitative estimate of drug-likeness (QED) is 0.306. The Hall–Kier alpha value is -0.680. The van der Waals surface area contributed by atoms with E-state index < -0.39 is 4.92 Å². The van der Waals surface area contributed by atoms with Crippen LogP contribution in [0.1, 0.15) is 0 Å². The van der Waals surface area contributed by atoms with E-state index in [-0.39, 0.29) is 13.1 Å². The summed E-state index contributed by atoms with van der Waals surface area (Å²) in [6, 6.07) is 0. The Kier molecular flexibility index (Phi) is 4.10.